The van der Waals surface area contributed by atoms with Crippen LogP contribution in [0.1, 0.15) is 0 Å². The van der Waals surface area contributed by atoms with Crippen LogP contribution < -0.4 is 0 Å². The van der Waals surface area contributed by atoms with Gasteiger partial charge in [0.25, 0.3) is 0 Å². The van der Waals surface area contributed by atoms with Crippen molar-refractivity contribution in [1.82, 2.24) is 9.55 Å². The van der Waals surface area contributed by atoms with Crippen molar-refractivity contribution in [3.63, 3.8) is 0 Å². The number of aromatic nitrogens is 2. The molecule has 55 heavy (non-hydrogen) atoms. The predicted octanol–water partition coefficient (Wildman–Crippen LogP) is 14.4. The van der Waals surface area contributed by atoms with Gasteiger partial charge in [-0.3, -0.25) is 4.57 Å². The molecule has 0 spiro atoms. The molecule has 0 aliphatic heterocycles. The van der Waals surface area contributed by atoms with E-state index in [2.05, 4.69) is 211 Å². The van der Waals surface area contributed by atoms with Crippen LogP contribution in [0.25, 0.3) is 104 Å². The molecule has 0 fully saturated rings. The van der Waals surface area contributed by atoms with Gasteiger partial charge in [-0.05, 0) is 118 Å². The van der Waals surface area contributed by atoms with Crippen molar-refractivity contribution >= 4 is 75.7 Å². The average molecular weight is 699 g/mol. The van der Waals surface area contributed by atoms with Crippen molar-refractivity contribution < 1.29 is 0 Å². The van der Waals surface area contributed by atoms with Crippen molar-refractivity contribution in [2.24, 2.45) is 0 Å². The monoisotopic (exact) mass is 698 g/mol. The van der Waals surface area contributed by atoms with Gasteiger partial charge in [-0.15, -0.1) is 0 Å². The van der Waals surface area contributed by atoms with Gasteiger partial charge in [0.2, 0.25) is 0 Å². The van der Waals surface area contributed by atoms with Crippen LogP contribution in [0.4, 0.5) is 0 Å². The smallest absolute Gasteiger partial charge is 0.145 e. The van der Waals surface area contributed by atoms with Crippen molar-refractivity contribution in [2.45, 2.75) is 0 Å². The molecular formula is C53H34N2. The standard InChI is InChI=1S/C53H34N2/c1-3-15-35(16-4-1)53-54-51-34-39(28-30-52(51)55(53)40-19-5-2-6-20-40)38-27-29-47-45-25-12-11-23-43(45)41-21-9-10-22-42(41)44-24-13-14-26-46(44)48-31-36-17-7-8-18-37(36)32-50(48)49(47)33-38/h1-34H. The summed E-state index contributed by atoms with van der Waals surface area (Å²) < 4.78 is 2.27. The zero-order chi connectivity index (χ0) is 36.3. The molecular weight excluding hydrogens is 665 g/mol. The zero-order valence-corrected chi connectivity index (χ0v) is 30.0. The summed E-state index contributed by atoms with van der Waals surface area (Å²) in [4.78, 5) is 5.29. The molecule has 0 atom stereocenters. The molecule has 11 aromatic rings. The van der Waals surface area contributed by atoms with Crippen LogP contribution in [0.3, 0.4) is 0 Å². The molecule has 0 bridgehead atoms. The van der Waals surface area contributed by atoms with E-state index in [-0.39, 0.29) is 0 Å². The quantitative estimate of drug-likeness (QED) is 0.180. The second-order valence-electron chi connectivity index (χ2n) is 14.3. The van der Waals surface area contributed by atoms with E-state index in [1.165, 1.54) is 64.6 Å². The highest BCUT2D eigenvalue weighted by Gasteiger charge is 2.16. The van der Waals surface area contributed by atoms with Crippen LogP contribution in [0, 0.1) is 0 Å². The van der Waals surface area contributed by atoms with E-state index in [0.29, 0.717) is 0 Å². The Bertz CT molecular complexity index is 3360. The van der Waals surface area contributed by atoms with Gasteiger partial charge in [0.1, 0.15) is 5.82 Å². The molecule has 0 unspecified atom stereocenters. The maximum atomic E-state index is 5.29. The highest BCUT2D eigenvalue weighted by Crippen LogP contribution is 2.39. The molecule has 0 radical (unpaired) electrons. The summed E-state index contributed by atoms with van der Waals surface area (Å²) >= 11 is 0. The Hall–Kier alpha value is -7.29. The average Bonchev–Trinajstić information content (AvgIpc) is 3.65. The first-order valence-electron chi connectivity index (χ1n) is 18.9. The maximum Gasteiger partial charge on any atom is 0.145 e. The largest absolute Gasteiger partial charge is 0.292 e. The zero-order valence-electron chi connectivity index (χ0n) is 30.0. The summed E-state index contributed by atoms with van der Waals surface area (Å²) in [5.41, 5.74) is 6.50. The molecule has 2 heteroatoms. The number of nitrogens with zero attached hydrogens (tertiary/aromatic N) is 2. The first-order valence-corrected chi connectivity index (χ1v) is 18.9. The summed E-state index contributed by atoms with van der Waals surface area (Å²) in [5.74, 6) is 0.931. The third-order valence-electron chi connectivity index (χ3n) is 11.2. The topological polar surface area (TPSA) is 17.8 Å². The Kier molecular flexibility index (Phi) is 7.21. The van der Waals surface area contributed by atoms with E-state index in [9.17, 15) is 0 Å². The SMILES string of the molecule is c1ccc(-c2nc3cc(-c4ccc5c6ccccc6c6ccccc6c6ccccc6c6cc7ccccc7cc6c5c4)ccc3n2-c2ccccc2)cc1. The number of fused-ring (bicyclic) bond motifs is 12. The first kappa shape index (κ1) is 31.3. The summed E-state index contributed by atoms with van der Waals surface area (Å²) in [7, 11) is 0. The minimum Gasteiger partial charge on any atom is -0.292 e. The fourth-order valence-electron chi connectivity index (χ4n) is 8.61. The van der Waals surface area contributed by atoms with Crippen LogP contribution in [0.5, 0.6) is 0 Å². The second-order valence-corrected chi connectivity index (χ2v) is 14.3. The minimum atomic E-state index is 0.931. The first-order chi connectivity index (χ1) is 27.3. The number of hydrogen-bond donors (Lipinski definition) is 0. The summed E-state index contributed by atoms with van der Waals surface area (Å²) in [6, 6.07) is 75.0. The number of para-hydroxylation sites is 1. The minimum absolute atomic E-state index is 0.931. The van der Waals surface area contributed by atoms with Gasteiger partial charge in [0, 0.05) is 11.3 Å². The van der Waals surface area contributed by atoms with Crippen LogP contribution in [-0.2, 0) is 0 Å². The Morgan fingerprint density at radius 3 is 1.29 bits per heavy atom. The fourth-order valence-corrected chi connectivity index (χ4v) is 8.61. The highest BCUT2D eigenvalue weighted by molar-refractivity contribution is 6.27. The van der Waals surface area contributed by atoms with Gasteiger partial charge in [0.05, 0.1) is 11.0 Å². The summed E-state index contributed by atoms with van der Waals surface area (Å²) in [6.07, 6.45) is 0. The molecule has 0 saturated heterocycles. The Morgan fingerprint density at radius 1 is 0.291 bits per heavy atom. The normalized spacial score (nSPS) is 11.6. The number of hydrogen-bond acceptors (Lipinski definition) is 1. The lowest BCUT2D eigenvalue weighted by molar-refractivity contribution is 1.10. The van der Waals surface area contributed by atoms with Gasteiger partial charge in [-0.25, -0.2) is 4.98 Å². The molecule has 0 amide bonds. The Balaban J connectivity index is 1.27. The van der Waals surface area contributed by atoms with Gasteiger partial charge in [-0.2, -0.15) is 0 Å². The molecule has 256 valence electrons. The Labute approximate surface area is 318 Å². The van der Waals surface area contributed by atoms with Gasteiger partial charge in [-0.1, -0.05) is 164 Å². The van der Waals surface area contributed by atoms with Crippen molar-refractivity contribution in [3.05, 3.63) is 206 Å². The van der Waals surface area contributed by atoms with E-state index in [1.807, 2.05) is 0 Å². The lowest BCUT2D eigenvalue weighted by Gasteiger charge is -2.12. The fraction of sp³-hybridized carbons (Fsp3) is 0. The van der Waals surface area contributed by atoms with Crippen LogP contribution in [0.15, 0.2) is 206 Å². The van der Waals surface area contributed by atoms with Gasteiger partial charge in [0.15, 0.2) is 0 Å². The highest BCUT2D eigenvalue weighted by atomic mass is 15.1. The third kappa shape index (κ3) is 5.15. The van der Waals surface area contributed by atoms with Crippen molar-refractivity contribution in [1.29, 1.82) is 0 Å². The van der Waals surface area contributed by atoms with Crippen molar-refractivity contribution in [3.8, 4) is 28.2 Å². The molecule has 1 aromatic heterocycles. The van der Waals surface area contributed by atoms with E-state index in [1.54, 1.807) is 0 Å². The molecule has 0 aliphatic rings. The van der Waals surface area contributed by atoms with Crippen LogP contribution >= 0.6 is 0 Å². The lowest BCUT2D eigenvalue weighted by Crippen LogP contribution is -1.97. The summed E-state index contributed by atoms with van der Waals surface area (Å²) in [6.45, 7) is 0. The van der Waals surface area contributed by atoms with Crippen LogP contribution in [-0.4, -0.2) is 9.55 Å². The molecule has 0 aliphatic carbocycles. The lowest BCUT2D eigenvalue weighted by atomic mass is 9.91. The van der Waals surface area contributed by atoms with Gasteiger partial charge < -0.3 is 0 Å². The third-order valence-corrected chi connectivity index (χ3v) is 11.2. The van der Waals surface area contributed by atoms with E-state index in [4.69, 9.17) is 4.98 Å². The maximum absolute atomic E-state index is 5.29. The van der Waals surface area contributed by atoms with E-state index in [0.717, 1.165) is 39.2 Å². The van der Waals surface area contributed by atoms with Crippen molar-refractivity contribution in [2.75, 3.05) is 0 Å². The predicted molar refractivity (Wildman–Crippen MR) is 235 cm³/mol. The number of benzene rings is 9. The summed E-state index contributed by atoms with van der Waals surface area (Å²) in [5, 5.41) is 14.7. The van der Waals surface area contributed by atoms with Gasteiger partial charge >= 0.3 is 0 Å². The van der Waals surface area contributed by atoms with E-state index < -0.39 is 0 Å². The number of rotatable bonds is 3. The molecule has 11 rings (SSSR count). The molecule has 0 N–H and O–H groups in total. The molecule has 1 heterocycles. The molecule has 10 aromatic carbocycles. The molecule has 0 saturated carbocycles. The Morgan fingerprint density at radius 2 is 0.709 bits per heavy atom. The van der Waals surface area contributed by atoms with Crippen LogP contribution in [0.2, 0.25) is 0 Å². The second kappa shape index (κ2) is 12.7. The van der Waals surface area contributed by atoms with E-state index >= 15 is 0 Å². The number of imidazole rings is 1. The molecule has 2 nitrogen and oxygen atoms in total.